The number of pyridine rings is 1. The summed E-state index contributed by atoms with van der Waals surface area (Å²) in [5.74, 6) is 1.81. The Morgan fingerprint density at radius 2 is 2.13 bits per heavy atom. The lowest BCUT2D eigenvalue weighted by atomic mass is 9.96. The van der Waals surface area contributed by atoms with E-state index in [0.717, 1.165) is 38.2 Å². The quantitative estimate of drug-likeness (QED) is 0.865. The van der Waals surface area contributed by atoms with E-state index in [1.54, 1.807) is 18.7 Å². The van der Waals surface area contributed by atoms with Gasteiger partial charge in [-0.3, -0.25) is 4.98 Å². The van der Waals surface area contributed by atoms with E-state index in [2.05, 4.69) is 19.9 Å². The lowest BCUT2D eigenvalue weighted by Gasteiger charge is -2.24. The van der Waals surface area contributed by atoms with Crippen molar-refractivity contribution in [3.63, 3.8) is 0 Å². The van der Waals surface area contributed by atoms with Crippen molar-refractivity contribution in [1.29, 1.82) is 0 Å². The highest BCUT2D eigenvalue weighted by Gasteiger charge is 2.28. The van der Waals surface area contributed by atoms with Crippen LogP contribution in [0.2, 0.25) is 5.02 Å². The van der Waals surface area contributed by atoms with Gasteiger partial charge >= 0.3 is 0 Å². The normalized spacial score (nSPS) is 20.4. The largest absolute Gasteiger partial charge is 0.487 e. The van der Waals surface area contributed by atoms with Gasteiger partial charge in [-0.25, -0.2) is 9.97 Å². The molecule has 120 valence electrons. The summed E-state index contributed by atoms with van der Waals surface area (Å²) in [5, 5.41) is 0.561. The van der Waals surface area contributed by atoms with E-state index in [1.807, 2.05) is 6.07 Å². The number of halogens is 1. The predicted molar refractivity (Wildman–Crippen MR) is 89.2 cm³/mol. The maximum Gasteiger partial charge on any atom is 0.141 e. The number of ether oxygens (including phenoxy) is 1. The van der Waals surface area contributed by atoms with E-state index in [0.29, 0.717) is 10.8 Å². The molecular weight excluding hydrogens is 312 g/mol. The summed E-state index contributed by atoms with van der Waals surface area (Å²) in [4.78, 5) is 15.3. The third-order valence-electron chi connectivity index (χ3n) is 4.58. The molecule has 0 saturated carbocycles. The zero-order valence-electron chi connectivity index (χ0n) is 12.9. The first kappa shape index (κ1) is 14.7. The molecule has 5 nitrogen and oxygen atoms in total. The van der Waals surface area contributed by atoms with Crippen molar-refractivity contribution in [1.82, 2.24) is 15.0 Å². The van der Waals surface area contributed by atoms with Gasteiger partial charge in [0, 0.05) is 42.7 Å². The average Bonchev–Trinajstić information content (AvgIpc) is 3.05. The zero-order valence-corrected chi connectivity index (χ0v) is 13.7. The Morgan fingerprint density at radius 1 is 1.22 bits per heavy atom. The number of anilines is 1. The smallest absolute Gasteiger partial charge is 0.141 e. The minimum Gasteiger partial charge on any atom is -0.487 e. The fourth-order valence-electron chi connectivity index (χ4n) is 3.43. The van der Waals surface area contributed by atoms with Crippen molar-refractivity contribution in [3.05, 3.63) is 41.1 Å². The summed E-state index contributed by atoms with van der Waals surface area (Å²) in [7, 11) is 0. The molecule has 1 saturated heterocycles. The second-order valence-corrected chi connectivity index (χ2v) is 6.52. The van der Waals surface area contributed by atoms with E-state index < -0.39 is 0 Å². The summed E-state index contributed by atoms with van der Waals surface area (Å²) in [6, 6.07) is 1.82. The van der Waals surface area contributed by atoms with E-state index in [4.69, 9.17) is 16.3 Å². The second kappa shape index (κ2) is 6.32. The highest BCUT2D eigenvalue weighted by molar-refractivity contribution is 6.31. The van der Waals surface area contributed by atoms with Gasteiger partial charge in [0.25, 0.3) is 0 Å². The van der Waals surface area contributed by atoms with E-state index in [-0.39, 0.29) is 6.10 Å². The van der Waals surface area contributed by atoms with Crippen molar-refractivity contribution >= 4 is 17.4 Å². The molecular formula is C17H19ClN4O. The van der Waals surface area contributed by atoms with Crippen molar-refractivity contribution in [3.8, 4) is 5.75 Å². The lowest BCUT2D eigenvalue weighted by molar-refractivity contribution is 0.225. The number of hydrogen-bond donors (Lipinski definition) is 0. The van der Waals surface area contributed by atoms with Gasteiger partial charge in [-0.05, 0) is 25.7 Å². The Kier molecular flexibility index (Phi) is 4.04. The summed E-state index contributed by atoms with van der Waals surface area (Å²) in [5.41, 5.74) is 2.56. The zero-order chi connectivity index (χ0) is 15.6. The number of fused-ring (bicyclic) bond motifs is 1. The van der Waals surface area contributed by atoms with Crippen LogP contribution in [0.1, 0.15) is 30.5 Å². The minimum atomic E-state index is 0.129. The van der Waals surface area contributed by atoms with Crippen molar-refractivity contribution in [2.24, 2.45) is 0 Å². The monoisotopic (exact) mass is 330 g/mol. The predicted octanol–water partition coefficient (Wildman–Crippen LogP) is 3.06. The van der Waals surface area contributed by atoms with E-state index in [1.165, 1.54) is 24.1 Å². The van der Waals surface area contributed by atoms with Crippen molar-refractivity contribution in [2.75, 3.05) is 18.0 Å². The summed E-state index contributed by atoms with van der Waals surface area (Å²) in [6.45, 7) is 1.79. The van der Waals surface area contributed by atoms with Crippen LogP contribution in [0, 0.1) is 0 Å². The first-order valence-electron chi connectivity index (χ1n) is 8.15. The molecule has 23 heavy (non-hydrogen) atoms. The molecule has 0 amide bonds. The molecule has 2 aliphatic rings. The van der Waals surface area contributed by atoms with Gasteiger partial charge < -0.3 is 9.64 Å². The maximum atomic E-state index is 6.13. The highest BCUT2D eigenvalue weighted by Crippen LogP contribution is 2.31. The Balaban J connectivity index is 1.50. The van der Waals surface area contributed by atoms with Gasteiger partial charge in [0.2, 0.25) is 0 Å². The number of hydrogen-bond acceptors (Lipinski definition) is 5. The molecule has 2 aromatic rings. The Morgan fingerprint density at radius 3 is 3.04 bits per heavy atom. The average molecular weight is 331 g/mol. The molecule has 2 aromatic heterocycles. The molecule has 0 spiro atoms. The Bertz CT molecular complexity index is 709. The van der Waals surface area contributed by atoms with Crippen molar-refractivity contribution in [2.45, 2.75) is 38.2 Å². The van der Waals surface area contributed by atoms with Crippen LogP contribution < -0.4 is 9.64 Å². The standard InChI is InChI=1S/C17H19ClN4O/c18-14-9-19-7-5-16(14)23-12-6-8-22(10-12)17-13-3-1-2-4-15(13)20-11-21-17/h5,7,9,11-12H,1-4,6,8,10H2. The van der Waals surface area contributed by atoms with Crippen LogP contribution in [-0.2, 0) is 12.8 Å². The number of aromatic nitrogens is 3. The van der Waals surface area contributed by atoms with Crippen LogP contribution in [-0.4, -0.2) is 34.1 Å². The summed E-state index contributed by atoms with van der Waals surface area (Å²) in [6.07, 6.45) is 10.7. The van der Waals surface area contributed by atoms with Gasteiger partial charge in [0.15, 0.2) is 0 Å². The van der Waals surface area contributed by atoms with Crippen LogP contribution in [0.25, 0.3) is 0 Å². The molecule has 0 aromatic carbocycles. The molecule has 1 aliphatic carbocycles. The van der Waals surface area contributed by atoms with Gasteiger partial charge in [-0.2, -0.15) is 0 Å². The van der Waals surface area contributed by atoms with Crippen molar-refractivity contribution < 1.29 is 4.74 Å². The lowest BCUT2D eigenvalue weighted by Crippen LogP contribution is -2.27. The van der Waals surface area contributed by atoms with Crippen LogP contribution >= 0.6 is 11.6 Å². The third-order valence-corrected chi connectivity index (χ3v) is 4.86. The van der Waals surface area contributed by atoms with Gasteiger partial charge in [-0.15, -0.1) is 0 Å². The Hall–Kier alpha value is -1.88. The SMILES string of the molecule is Clc1cnccc1OC1CCN(c2ncnc3c2CCCC3)C1. The molecule has 0 radical (unpaired) electrons. The highest BCUT2D eigenvalue weighted by atomic mass is 35.5. The molecule has 0 N–H and O–H groups in total. The fraction of sp³-hybridized carbons (Fsp3) is 0.471. The second-order valence-electron chi connectivity index (χ2n) is 6.11. The molecule has 4 rings (SSSR count). The molecule has 1 atom stereocenters. The number of nitrogens with zero attached hydrogens (tertiary/aromatic N) is 4. The maximum absolute atomic E-state index is 6.13. The van der Waals surface area contributed by atoms with Crippen LogP contribution in [0.4, 0.5) is 5.82 Å². The van der Waals surface area contributed by atoms with E-state index >= 15 is 0 Å². The fourth-order valence-corrected chi connectivity index (χ4v) is 3.59. The molecule has 1 unspecified atom stereocenters. The van der Waals surface area contributed by atoms with Gasteiger partial charge in [0.1, 0.15) is 29.0 Å². The summed E-state index contributed by atoms with van der Waals surface area (Å²) >= 11 is 6.13. The molecule has 3 heterocycles. The van der Waals surface area contributed by atoms with Gasteiger partial charge in [-0.1, -0.05) is 11.6 Å². The van der Waals surface area contributed by atoms with Crippen LogP contribution in [0.5, 0.6) is 5.75 Å². The number of aryl methyl sites for hydroxylation is 1. The first-order valence-corrected chi connectivity index (χ1v) is 8.53. The van der Waals surface area contributed by atoms with E-state index in [9.17, 15) is 0 Å². The topological polar surface area (TPSA) is 51.1 Å². The van der Waals surface area contributed by atoms with Crippen LogP contribution in [0.15, 0.2) is 24.8 Å². The minimum absolute atomic E-state index is 0.129. The first-order chi connectivity index (χ1) is 11.3. The molecule has 1 aliphatic heterocycles. The third kappa shape index (κ3) is 2.98. The van der Waals surface area contributed by atoms with Gasteiger partial charge in [0.05, 0.1) is 6.54 Å². The summed E-state index contributed by atoms with van der Waals surface area (Å²) < 4.78 is 6.04. The Labute approximate surface area is 140 Å². The number of rotatable bonds is 3. The molecule has 6 heteroatoms. The van der Waals surface area contributed by atoms with Crippen LogP contribution in [0.3, 0.4) is 0 Å². The molecule has 1 fully saturated rings. The molecule has 0 bridgehead atoms.